The maximum atomic E-state index is 12.0. The first-order chi connectivity index (χ1) is 13.1. The average molecular weight is 504 g/mol. The number of pyridine rings is 1. The summed E-state index contributed by atoms with van der Waals surface area (Å²) in [6.07, 6.45) is 3.35. The Morgan fingerprint density at radius 1 is 1.36 bits per heavy atom. The van der Waals surface area contributed by atoms with Gasteiger partial charge in [0.2, 0.25) is 0 Å². The van der Waals surface area contributed by atoms with Crippen LogP contribution >= 0.6 is 24.0 Å². The standard InChI is InChI=1S/C19H32N6O2.HI/c1-15(2)13-25-9-10-27-17(14-25)12-24-19(20-3)23-8-7-22-18(26)16-5-4-6-21-11-16;/h4-6,11,15,17H,7-10,12-14H2,1-3H3,(H,22,26)(H2,20,23,24);1H. The summed E-state index contributed by atoms with van der Waals surface area (Å²) in [5, 5.41) is 9.35. The Kier molecular flexibility index (Phi) is 12.0. The first kappa shape index (κ1) is 24.6. The lowest BCUT2D eigenvalue weighted by molar-refractivity contribution is -0.0284. The predicted octanol–water partition coefficient (Wildman–Crippen LogP) is 0.951. The van der Waals surface area contributed by atoms with Crippen LogP contribution in [0.1, 0.15) is 24.2 Å². The van der Waals surface area contributed by atoms with Gasteiger partial charge in [0, 0.05) is 58.7 Å². The van der Waals surface area contributed by atoms with Crippen molar-refractivity contribution in [1.82, 2.24) is 25.8 Å². The minimum Gasteiger partial charge on any atom is -0.374 e. The summed E-state index contributed by atoms with van der Waals surface area (Å²) < 4.78 is 5.84. The number of hydrogen-bond donors (Lipinski definition) is 3. The molecule has 28 heavy (non-hydrogen) atoms. The zero-order valence-electron chi connectivity index (χ0n) is 17.0. The van der Waals surface area contributed by atoms with Crippen LogP contribution in [0.5, 0.6) is 0 Å². The van der Waals surface area contributed by atoms with Crippen molar-refractivity contribution in [2.24, 2.45) is 10.9 Å². The zero-order chi connectivity index (χ0) is 19.5. The molecule has 2 heterocycles. The van der Waals surface area contributed by atoms with Crippen molar-refractivity contribution in [3.8, 4) is 0 Å². The van der Waals surface area contributed by atoms with E-state index in [1.807, 2.05) is 0 Å². The number of amides is 1. The molecule has 9 heteroatoms. The topological polar surface area (TPSA) is 90.9 Å². The fourth-order valence-corrected chi connectivity index (χ4v) is 2.97. The number of nitrogens with zero attached hydrogens (tertiary/aromatic N) is 3. The molecular weight excluding hydrogens is 471 g/mol. The molecule has 3 N–H and O–H groups in total. The Morgan fingerprint density at radius 3 is 2.82 bits per heavy atom. The first-order valence-electron chi connectivity index (χ1n) is 9.55. The number of morpholine rings is 1. The molecule has 1 aliphatic heterocycles. The average Bonchev–Trinajstić information content (AvgIpc) is 2.67. The highest BCUT2D eigenvalue weighted by atomic mass is 127. The quantitative estimate of drug-likeness (QED) is 0.212. The normalized spacial score (nSPS) is 17.7. The predicted molar refractivity (Wildman–Crippen MR) is 122 cm³/mol. The van der Waals surface area contributed by atoms with E-state index in [0.717, 1.165) is 26.2 Å². The van der Waals surface area contributed by atoms with E-state index in [2.05, 4.69) is 44.7 Å². The number of aliphatic imine (C=N–C) groups is 1. The minimum atomic E-state index is -0.131. The van der Waals surface area contributed by atoms with E-state index in [9.17, 15) is 4.79 Å². The van der Waals surface area contributed by atoms with Gasteiger partial charge in [0.25, 0.3) is 5.91 Å². The monoisotopic (exact) mass is 504 g/mol. The molecule has 0 bridgehead atoms. The number of nitrogens with one attached hydrogen (secondary N) is 3. The Labute approximate surface area is 184 Å². The van der Waals surface area contributed by atoms with Gasteiger partial charge in [-0.2, -0.15) is 0 Å². The largest absolute Gasteiger partial charge is 0.374 e. The number of carbonyl (C=O) groups is 1. The van der Waals surface area contributed by atoms with Crippen molar-refractivity contribution in [1.29, 1.82) is 0 Å². The summed E-state index contributed by atoms with van der Waals surface area (Å²) >= 11 is 0. The molecule has 1 aromatic heterocycles. The molecule has 0 aliphatic carbocycles. The molecule has 0 saturated carbocycles. The Hall–Kier alpha value is -1.46. The van der Waals surface area contributed by atoms with Crippen molar-refractivity contribution in [3.63, 3.8) is 0 Å². The second-order valence-electron chi connectivity index (χ2n) is 7.02. The molecule has 2 rings (SSSR count). The summed E-state index contributed by atoms with van der Waals surface area (Å²) in [5.74, 6) is 1.23. The van der Waals surface area contributed by atoms with E-state index < -0.39 is 0 Å². The molecule has 1 amide bonds. The van der Waals surface area contributed by atoms with Crippen LogP contribution in [0.2, 0.25) is 0 Å². The SMILES string of the molecule is CN=C(NCCNC(=O)c1cccnc1)NCC1CN(CC(C)C)CCO1.I. The Balaban J connectivity index is 0.00000392. The Bertz CT molecular complexity index is 599. The highest BCUT2D eigenvalue weighted by Crippen LogP contribution is 2.07. The molecule has 1 saturated heterocycles. The lowest BCUT2D eigenvalue weighted by Crippen LogP contribution is -2.50. The molecule has 8 nitrogen and oxygen atoms in total. The molecule has 1 atom stereocenters. The van der Waals surface area contributed by atoms with Crippen molar-refractivity contribution in [2.45, 2.75) is 20.0 Å². The number of ether oxygens (including phenoxy) is 1. The summed E-state index contributed by atoms with van der Waals surface area (Å²) in [7, 11) is 1.73. The minimum absolute atomic E-state index is 0. The van der Waals surface area contributed by atoms with Gasteiger partial charge >= 0.3 is 0 Å². The third-order valence-electron chi connectivity index (χ3n) is 4.19. The number of carbonyl (C=O) groups excluding carboxylic acids is 1. The first-order valence-corrected chi connectivity index (χ1v) is 9.55. The molecular formula is C19H33IN6O2. The van der Waals surface area contributed by atoms with Crippen molar-refractivity contribution < 1.29 is 9.53 Å². The third-order valence-corrected chi connectivity index (χ3v) is 4.19. The fourth-order valence-electron chi connectivity index (χ4n) is 2.97. The summed E-state index contributed by atoms with van der Waals surface area (Å²) in [6.45, 7) is 10.1. The van der Waals surface area contributed by atoms with E-state index >= 15 is 0 Å². The zero-order valence-corrected chi connectivity index (χ0v) is 19.3. The number of aromatic nitrogens is 1. The second-order valence-corrected chi connectivity index (χ2v) is 7.02. The van der Waals surface area contributed by atoms with Crippen LogP contribution in [-0.2, 0) is 4.74 Å². The molecule has 158 valence electrons. The van der Waals surface area contributed by atoms with Gasteiger partial charge in [0.15, 0.2) is 5.96 Å². The van der Waals surface area contributed by atoms with Crippen LogP contribution < -0.4 is 16.0 Å². The lowest BCUT2D eigenvalue weighted by atomic mass is 10.2. The molecule has 0 aromatic carbocycles. The summed E-state index contributed by atoms with van der Waals surface area (Å²) in [6, 6.07) is 3.48. The van der Waals surface area contributed by atoms with Crippen LogP contribution in [0.3, 0.4) is 0 Å². The van der Waals surface area contributed by atoms with Crippen LogP contribution in [0.4, 0.5) is 0 Å². The smallest absolute Gasteiger partial charge is 0.252 e. The number of rotatable bonds is 8. The van der Waals surface area contributed by atoms with Crippen LogP contribution in [0, 0.1) is 5.92 Å². The highest BCUT2D eigenvalue weighted by molar-refractivity contribution is 14.0. The van der Waals surface area contributed by atoms with E-state index in [4.69, 9.17) is 4.74 Å². The Morgan fingerprint density at radius 2 is 2.14 bits per heavy atom. The van der Waals surface area contributed by atoms with Gasteiger partial charge in [-0.15, -0.1) is 24.0 Å². The van der Waals surface area contributed by atoms with Crippen LogP contribution in [0.25, 0.3) is 0 Å². The van der Waals surface area contributed by atoms with Gasteiger partial charge in [-0.1, -0.05) is 13.8 Å². The lowest BCUT2D eigenvalue weighted by Gasteiger charge is -2.34. The molecule has 1 unspecified atom stereocenters. The van der Waals surface area contributed by atoms with Gasteiger partial charge in [-0.05, 0) is 18.1 Å². The summed E-state index contributed by atoms with van der Waals surface area (Å²) in [5.41, 5.74) is 0.556. The van der Waals surface area contributed by atoms with Gasteiger partial charge < -0.3 is 20.7 Å². The highest BCUT2D eigenvalue weighted by Gasteiger charge is 2.21. The molecule has 0 spiro atoms. The van der Waals surface area contributed by atoms with Crippen LogP contribution in [-0.4, -0.2) is 80.8 Å². The number of guanidine groups is 1. The fraction of sp³-hybridized carbons (Fsp3) is 0.632. The van der Waals surface area contributed by atoms with E-state index in [0.29, 0.717) is 37.1 Å². The van der Waals surface area contributed by atoms with E-state index in [1.54, 1.807) is 31.6 Å². The van der Waals surface area contributed by atoms with Gasteiger partial charge in [0.1, 0.15) is 0 Å². The third kappa shape index (κ3) is 9.16. The van der Waals surface area contributed by atoms with Crippen molar-refractivity contribution in [3.05, 3.63) is 30.1 Å². The van der Waals surface area contributed by atoms with Crippen molar-refractivity contribution >= 4 is 35.8 Å². The molecule has 1 fully saturated rings. The van der Waals surface area contributed by atoms with Gasteiger partial charge in [0.05, 0.1) is 18.3 Å². The van der Waals surface area contributed by atoms with Crippen LogP contribution in [0.15, 0.2) is 29.5 Å². The van der Waals surface area contributed by atoms with Crippen molar-refractivity contribution in [2.75, 3.05) is 52.9 Å². The second kappa shape index (κ2) is 13.7. The molecule has 1 aliphatic rings. The van der Waals surface area contributed by atoms with E-state index in [1.165, 1.54) is 0 Å². The number of halogens is 1. The molecule has 0 radical (unpaired) electrons. The molecule has 1 aromatic rings. The van der Waals surface area contributed by atoms with E-state index in [-0.39, 0.29) is 36.0 Å². The summed E-state index contributed by atoms with van der Waals surface area (Å²) in [4.78, 5) is 22.6. The number of hydrogen-bond acceptors (Lipinski definition) is 5. The maximum Gasteiger partial charge on any atom is 0.252 e. The van der Waals surface area contributed by atoms with Gasteiger partial charge in [-0.25, -0.2) is 0 Å². The van der Waals surface area contributed by atoms with Gasteiger partial charge in [-0.3, -0.25) is 19.7 Å². The maximum absolute atomic E-state index is 12.0.